The maximum absolute atomic E-state index is 11.5. The number of carbonyl (C=O) groups is 4. The van der Waals surface area contributed by atoms with Crippen LogP contribution in [0.25, 0.3) is 0 Å². The Bertz CT molecular complexity index is 1310. The van der Waals surface area contributed by atoms with Crippen molar-refractivity contribution in [2.75, 3.05) is 0 Å². The average molecular weight is 949 g/mol. The molecule has 4 N–H and O–H groups in total. The Hall–Kier alpha value is -4.77. The maximum atomic E-state index is 11.5. The number of nitrogens with one attached hydrogen (secondary N) is 4. The highest BCUT2D eigenvalue weighted by molar-refractivity contribution is 7.07. The third kappa shape index (κ3) is 107. The molecule has 4 amide bonds. The molecule has 11 heteroatoms. The monoisotopic (exact) mass is 948 g/mol. The quantitative estimate of drug-likeness (QED) is 0.158. The van der Waals surface area contributed by atoms with Crippen molar-refractivity contribution in [3.8, 4) is 0 Å². The zero-order chi connectivity index (χ0) is 54.3. The fraction of sp³-hybridized carbons (Fsp3) is 0.582. The van der Waals surface area contributed by atoms with Crippen LogP contribution in [0, 0.1) is 0 Å². The second-order valence-electron chi connectivity index (χ2n) is 15.9. The van der Waals surface area contributed by atoms with E-state index in [4.69, 9.17) is 0 Å². The Balaban J connectivity index is -0.0000000805. The van der Waals surface area contributed by atoms with Gasteiger partial charge in [-0.25, -0.2) is 0 Å². The fourth-order valence-electron chi connectivity index (χ4n) is 3.59. The summed E-state index contributed by atoms with van der Waals surface area (Å²) in [5, 5.41) is 15.2. The summed E-state index contributed by atoms with van der Waals surface area (Å²) in [4.78, 5) is 46.3. The molecule has 0 bridgehead atoms. The topological polar surface area (TPSA) is 142 Å². The minimum absolute atomic E-state index is 0.0255. The molecule has 0 aliphatic carbocycles. The highest BCUT2D eigenvalue weighted by Gasteiger charge is 2.13. The van der Waals surface area contributed by atoms with Gasteiger partial charge in [0.15, 0.2) is 0 Å². The number of pyridine rings is 1. The van der Waals surface area contributed by atoms with E-state index in [9.17, 15) is 19.2 Å². The third-order valence-electron chi connectivity index (χ3n) is 4.79. The van der Waals surface area contributed by atoms with Crippen LogP contribution in [0.3, 0.4) is 0 Å². The standard InChI is InChI=1S/C12H17NO.3C6H13NO.C5H5N.C4H4O.C4H4S.6C2H6/c1-12(2,3)13-11(14)9-10-7-5-4-6-8-10;3*1-5(8)7-6(2,3)4;1-2-4-6-5-3-1;2*1-2-4-5-3-1;6*1-2/h4-8H,9H2,1-3H3,(H,13,14);3*1-4H3,(H,7,8);1-5H;2*1-4H;6*1-2H3. The first kappa shape index (κ1) is 81.4. The van der Waals surface area contributed by atoms with Crippen molar-refractivity contribution in [2.24, 2.45) is 0 Å². The van der Waals surface area contributed by atoms with Gasteiger partial charge in [-0.15, -0.1) is 0 Å². The molecule has 0 aliphatic heterocycles. The van der Waals surface area contributed by atoms with Crippen molar-refractivity contribution in [3.63, 3.8) is 0 Å². The number of hydrogen-bond acceptors (Lipinski definition) is 7. The van der Waals surface area contributed by atoms with E-state index in [1.807, 2.05) is 250 Å². The van der Waals surface area contributed by atoms with Gasteiger partial charge >= 0.3 is 0 Å². The first-order valence-corrected chi connectivity index (χ1v) is 24.7. The molecule has 0 fully saturated rings. The molecule has 66 heavy (non-hydrogen) atoms. The summed E-state index contributed by atoms with van der Waals surface area (Å²) in [6.07, 6.45) is 7.21. The van der Waals surface area contributed by atoms with Gasteiger partial charge in [0.2, 0.25) is 23.6 Å². The van der Waals surface area contributed by atoms with E-state index in [2.05, 4.69) is 30.7 Å². The van der Waals surface area contributed by atoms with Gasteiger partial charge in [0.1, 0.15) is 0 Å². The number of thiophene rings is 1. The molecule has 0 unspecified atom stereocenters. The molecule has 3 heterocycles. The van der Waals surface area contributed by atoms with Gasteiger partial charge in [0.05, 0.1) is 18.9 Å². The lowest BCUT2D eigenvalue weighted by atomic mass is 10.1. The molecule has 0 radical (unpaired) electrons. The third-order valence-corrected chi connectivity index (χ3v) is 5.42. The zero-order valence-corrected chi connectivity index (χ0v) is 48.3. The Labute approximate surface area is 412 Å². The molecule has 386 valence electrons. The van der Waals surface area contributed by atoms with E-state index >= 15 is 0 Å². The summed E-state index contributed by atoms with van der Waals surface area (Å²) < 4.78 is 4.58. The number of amides is 4. The molecular formula is C55H105N5O5S. The van der Waals surface area contributed by atoms with Crippen LogP contribution in [0.15, 0.2) is 113 Å². The molecule has 3 aromatic heterocycles. The van der Waals surface area contributed by atoms with Crippen molar-refractivity contribution >= 4 is 35.0 Å². The van der Waals surface area contributed by atoms with Crippen molar-refractivity contribution in [1.82, 2.24) is 26.3 Å². The molecule has 0 spiro atoms. The molecule has 1 aromatic carbocycles. The van der Waals surface area contributed by atoms with Crippen LogP contribution in [0.2, 0.25) is 0 Å². The number of carbonyl (C=O) groups excluding carboxylic acids is 4. The van der Waals surface area contributed by atoms with Crippen LogP contribution in [0.4, 0.5) is 0 Å². The lowest BCUT2D eigenvalue weighted by molar-refractivity contribution is -0.122. The Kier molecular flexibility index (Phi) is 71.9. The molecule has 0 atom stereocenters. The Morgan fingerprint density at radius 1 is 0.439 bits per heavy atom. The van der Waals surface area contributed by atoms with E-state index in [1.54, 1.807) is 36.3 Å². The lowest BCUT2D eigenvalue weighted by Crippen LogP contribution is -2.41. The normalized spacial score (nSPS) is 8.83. The molecule has 4 aromatic rings. The van der Waals surface area contributed by atoms with Gasteiger partial charge < -0.3 is 25.7 Å². The minimum atomic E-state index is -0.147. The van der Waals surface area contributed by atoms with Gasteiger partial charge in [-0.2, -0.15) is 11.3 Å². The summed E-state index contributed by atoms with van der Waals surface area (Å²) in [5.41, 5.74) is 0.671. The van der Waals surface area contributed by atoms with Crippen LogP contribution >= 0.6 is 11.3 Å². The van der Waals surface area contributed by atoms with Gasteiger partial charge in [-0.3, -0.25) is 24.2 Å². The highest BCUT2D eigenvalue weighted by atomic mass is 32.1. The van der Waals surface area contributed by atoms with Crippen LogP contribution in [0.1, 0.15) is 193 Å². The fourth-order valence-corrected chi connectivity index (χ4v) is 4.05. The molecule has 10 nitrogen and oxygen atoms in total. The molecule has 0 saturated carbocycles. The Morgan fingerprint density at radius 3 is 0.879 bits per heavy atom. The number of hydrogen-bond donors (Lipinski definition) is 4. The van der Waals surface area contributed by atoms with Crippen molar-refractivity contribution in [2.45, 2.75) is 216 Å². The smallest absolute Gasteiger partial charge is 0.224 e. The molecule has 0 saturated heterocycles. The molecule has 4 rings (SSSR count). The van der Waals surface area contributed by atoms with Crippen LogP contribution in [-0.4, -0.2) is 50.8 Å². The first-order valence-electron chi connectivity index (χ1n) is 23.7. The van der Waals surface area contributed by atoms with E-state index in [-0.39, 0.29) is 45.8 Å². The molecular weight excluding hydrogens is 843 g/mol. The van der Waals surface area contributed by atoms with Gasteiger partial charge in [0, 0.05) is 55.3 Å². The average Bonchev–Trinajstić information content (AvgIpc) is 4.03. The number of benzene rings is 1. The van der Waals surface area contributed by atoms with E-state index in [0.29, 0.717) is 6.42 Å². The number of aromatic nitrogens is 1. The van der Waals surface area contributed by atoms with Crippen molar-refractivity contribution in [1.29, 1.82) is 0 Å². The van der Waals surface area contributed by atoms with Crippen LogP contribution in [-0.2, 0) is 25.6 Å². The first-order chi connectivity index (χ1) is 30.7. The number of nitrogens with zero attached hydrogens (tertiary/aromatic N) is 1. The second-order valence-corrected chi connectivity index (χ2v) is 16.7. The lowest BCUT2D eigenvalue weighted by Gasteiger charge is -2.20. The van der Waals surface area contributed by atoms with E-state index < -0.39 is 0 Å². The van der Waals surface area contributed by atoms with Crippen molar-refractivity contribution < 1.29 is 23.6 Å². The summed E-state index contributed by atoms with van der Waals surface area (Å²) >= 11 is 1.71. The largest absolute Gasteiger partial charge is 0.473 e. The number of furan rings is 1. The Morgan fingerprint density at radius 2 is 0.727 bits per heavy atom. The van der Waals surface area contributed by atoms with Crippen molar-refractivity contribution in [3.05, 3.63) is 114 Å². The maximum Gasteiger partial charge on any atom is 0.224 e. The zero-order valence-electron chi connectivity index (χ0n) is 47.5. The predicted octanol–water partition coefficient (Wildman–Crippen LogP) is 15.2. The van der Waals surface area contributed by atoms with E-state index in [1.165, 1.54) is 20.8 Å². The summed E-state index contributed by atoms with van der Waals surface area (Å²) in [6.45, 7) is 52.1. The minimum Gasteiger partial charge on any atom is -0.473 e. The second kappa shape index (κ2) is 58.2. The molecule has 0 aliphatic rings. The summed E-state index contributed by atoms with van der Waals surface area (Å²) in [6, 6.07) is 23.2. The predicted molar refractivity (Wildman–Crippen MR) is 294 cm³/mol. The SMILES string of the molecule is CC.CC.CC.CC.CC.CC.CC(=O)NC(C)(C)C.CC(=O)NC(C)(C)C.CC(=O)NC(C)(C)C.CC(C)(C)NC(=O)Cc1ccccc1.c1ccncc1.c1ccoc1.c1ccsc1. The number of rotatable bonds is 2. The van der Waals surface area contributed by atoms with Gasteiger partial charge in [-0.05, 0) is 124 Å². The highest BCUT2D eigenvalue weighted by Crippen LogP contribution is 2.03. The van der Waals surface area contributed by atoms with Gasteiger partial charge in [0.25, 0.3) is 0 Å². The van der Waals surface area contributed by atoms with Gasteiger partial charge in [-0.1, -0.05) is 132 Å². The van der Waals surface area contributed by atoms with Crippen LogP contribution < -0.4 is 21.3 Å². The van der Waals surface area contributed by atoms with E-state index in [0.717, 1.165) is 5.56 Å². The van der Waals surface area contributed by atoms with Crippen LogP contribution in [0.5, 0.6) is 0 Å². The summed E-state index contributed by atoms with van der Waals surface area (Å²) in [5.74, 6) is 0.149. The summed E-state index contributed by atoms with van der Waals surface area (Å²) in [7, 11) is 0.